The van der Waals surface area contributed by atoms with Gasteiger partial charge in [-0.2, -0.15) is 0 Å². The number of fused-ring (bicyclic) bond motifs is 2. The van der Waals surface area contributed by atoms with Crippen LogP contribution in [0.25, 0.3) is 0 Å². The Hall–Kier alpha value is -2.97. The van der Waals surface area contributed by atoms with Gasteiger partial charge in [-0.05, 0) is 72.8 Å². The van der Waals surface area contributed by atoms with Crippen LogP contribution < -0.4 is 19.5 Å². The minimum atomic E-state index is -0.460. The molecule has 1 N–H and O–H groups in total. The van der Waals surface area contributed by atoms with Gasteiger partial charge in [-0.3, -0.25) is 4.79 Å². The van der Waals surface area contributed by atoms with Gasteiger partial charge in [-0.1, -0.05) is 6.07 Å². The SMILES string of the molecule is CNC(=O)Oc1ccc2c(c1)CC2CN(C)CCC(=O)N1CCc2cc(OC)c(OC)cc2CC1.Cl. The summed E-state index contributed by atoms with van der Waals surface area (Å²) in [6.07, 6.45) is 2.65. The van der Waals surface area contributed by atoms with Crippen LogP contribution in [0.1, 0.15) is 34.6 Å². The highest BCUT2D eigenvalue weighted by Crippen LogP contribution is 2.38. The summed E-state index contributed by atoms with van der Waals surface area (Å²) in [5, 5.41) is 2.46. The van der Waals surface area contributed by atoms with Crippen molar-refractivity contribution < 1.29 is 23.8 Å². The van der Waals surface area contributed by atoms with Crippen molar-refractivity contribution in [3.63, 3.8) is 0 Å². The Bertz CT molecular complexity index is 1060. The number of halogens is 1. The van der Waals surface area contributed by atoms with Crippen LogP contribution in [0.5, 0.6) is 17.2 Å². The third kappa shape index (κ3) is 6.23. The molecule has 1 aliphatic heterocycles. The number of carbonyl (C=O) groups excluding carboxylic acids is 2. The molecule has 1 heterocycles. The van der Waals surface area contributed by atoms with E-state index in [0.29, 0.717) is 18.1 Å². The number of carbonyl (C=O) groups is 2. The molecule has 1 aliphatic carbocycles. The van der Waals surface area contributed by atoms with Gasteiger partial charge in [0.1, 0.15) is 5.75 Å². The van der Waals surface area contributed by atoms with Gasteiger partial charge >= 0.3 is 6.09 Å². The molecule has 8 nitrogen and oxygen atoms in total. The molecule has 36 heavy (non-hydrogen) atoms. The lowest BCUT2D eigenvalue weighted by Gasteiger charge is -2.34. The highest BCUT2D eigenvalue weighted by atomic mass is 35.5. The second kappa shape index (κ2) is 12.3. The first-order valence-corrected chi connectivity index (χ1v) is 12.1. The molecule has 2 aliphatic rings. The van der Waals surface area contributed by atoms with Gasteiger partial charge in [0.05, 0.1) is 14.2 Å². The molecule has 2 amide bonds. The number of amides is 2. The van der Waals surface area contributed by atoms with Gasteiger partial charge in [0.15, 0.2) is 11.5 Å². The summed E-state index contributed by atoms with van der Waals surface area (Å²) in [5.74, 6) is 2.68. The molecule has 0 saturated carbocycles. The number of rotatable bonds is 8. The maximum absolute atomic E-state index is 13.0. The monoisotopic (exact) mass is 517 g/mol. The summed E-state index contributed by atoms with van der Waals surface area (Å²) in [7, 11) is 6.91. The molecule has 0 fully saturated rings. The zero-order chi connectivity index (χ0) is 24.9. The largest absolute Gasteiger partial charge is 0.493 e. The van der Waals surface area contributed by atoms with Crippen molar-refractivity contribution in [3.05, 3.63) is 52.6 Å². The van der Waals surface area contributed by atoms with E-state index in [-0.39, 0.29) is 18.3 Å². The van der Waals surface area contributed by atoms with Crippen LogP contribution in [0.2, 0.25) is 0 Å². The van der Waals surface area contributed by atoms with Gasteiger partial charge in [-0.25, -0.2) is 4.79 Å². The van der Waals surface area contributed by atoms with Crippen LogP contribution in [0.3, 0.4) is 0 Å². The third-order valence-corrected chi connectivity index (χ3v) is 7.04. The summed E-state index contributed by atoms with van der Waals surface area (Å²) in [4.78, 5) is 28.6. The number of likely N-dealkylation sites (N-methyl/N-ethyl adjacent to an activating group) is 1. The average Bonchev–Trinajstić information content (AvgIpc) is 3.07. The molecule has 2 aromatic rings. The maximum Gasteiger partial charge on any atom is 0.412 e. The van der Waals surface area contributed by atoms with E-state index in [1.807, 2.05) is 35.2 Å². The molecule has 0 spiro atoms. The molecule has 1 atom stereocenters. The van der Waals surface area contributed by atoms with Crippen molar-refractivity contribution in [1.82, 2.24) is 15.1 Å². The number of nitrogens with zero attached hydrogens (tertiary/aromatic N) is 2. The predicted molar refractivity (Wildman–Crippen MR) is 141 cm³/mol. The number of benzene rings is 2. The van der Waals surface area contributed by atoms with E-state index in [9.17, 15) is 9.59 Å². The zero-order valence-corrected chi connectivity index (χ0v) is 22.3. The van der Waals surface area contributed by atoms with E-state index >= 15 is 0 Å². The Labute approximate surface area is 219 Å². The predicted octanol–water partition coefficient (Wildman–Crippen LogP) is 3.43. The number of methoxy groups -OCH3 is 2. The first-order valence-electron chi connectivity index (χ1n) is 12.1. The van der Waals surface area contributed by atoms with Crippen LogP contribution in [0, 0.1) is 0 Å². The fraction of sp³-hybridized carbons (Fsp3) is 0.481. The van der Waals surface area contributed by atoms with Crippen LogP contribution in [0.4, 0.5) is 4.79 Å². The number of nitrogens with one attached hydrogen (secondary N) is 1. The smallest absolute Gasteiger partial charge is 0.412 e. The van der Waals surface area contributed by atoms with Crippen molar-refractivity contribution in [1.29, 1.82) is 0 Å². The molecular weight excluding hydrogens is 482 g/mol. The van der Waals surface area contributed by atoms with E-state index in [1.165, 1.54) is 22.3 Å². The second-order valence-electron chi connectivity index (χ2n) is 9.27. The van der Waals surface area contributed by atoms with Crippen molar-refractivity contribution >= 4 is 24.4 Å². The molecular formula is C27H36ClN3O5. The lowest BCUT2D eigenvalue weighted by molar-refractivity contribution is -0.131. The van der Waals surface area contributed by atoms with Crippen molar-refractivity contribution in [2.75, 3.05) is 54.5 Å². The molecule has 0 saturated heterocycles. The van der Waals surface area contributed by atoms with E-state index in [4.69, 9.17) is 14.2 Å². The minimum absolute atomic E-state index is 0. The van der Waals surface area contributed by atoms with Crippen molar-refractivity contribution in [3.8, 4) is 17.2 Å². The second-order valence-corrected chi connectivity index (χ2v) is 9.27. The minimum Gasteiger partial charge on any atom is -0.493 e. The van der Waals surface area contributed by atoms with Crippen molar-refractivity contribution in [2.45, 2.75) is 31.6 Å². The lowest BCUT2D eigenvalue weighted by atomic mass is 9.77. The average molecular weight is 518 g/mol. The standard InChI is InChI=1S/C27H35N3O5.ClH/c1-28-27(32)35-22-5-6-23-20(14-22)13-21(23)17-29(2)10-9-26(31)30-11-7-18-15-24(33-3)25(34-4)16-19(18)8-12-30;/h5-6,14-16,21H,7-13,17H2,1-4H3,(H,28,32);1H. The number of ether oxygens (including phenoxy) is 3. The summed E-state index contributed by atoms with van der Waals surface area (Å²) in [6, 6.07) is 9.90. The maximum atomic E-state index is 13.0. The molecule has 1 unspecified atom stereocenters. The van der Waals surface area contributed by atoms with E-state index in [1.54, 1.807) is 21.3 Å². The highest BCUT2D eigenvalue weighted by Gasteiger charge is 2.28. The fourth-order valence-electron chi connectivity index (χ4n) is 5.00. The Morgan fingerprint density at radius 1 is 1.03 bits per heavy atom. The first-order chi connectivity index (χ1) is 16.9. The normalized spacial score (nSPS) is 16.0. The number of hydrogen-bond donors (Lipinski definition) is 1. The molecule has 0 bridgehead atoms. The molecule has 4 rings (SSSR count). The van der Waals surface area contributed by atoms with Crippen LogP contribution in [-0.2, 0) is 24.1 Å². The Balaban J connectivity index is 0.00000361. The zero-order valence-electron chi connectivity index (χ0n) is 21.5. The quantitative estimate of drug-likeness (QED) is 0.578. The van der Waals surface area contributed by atoms with E-state index in [2.05, 4.69) is 17.3 Å². The molecule has 196 valence electrons. The molecule has 9 heteroatoms. The molecule has 2 aromatic carbocycles. The van der Waals surface area contributed by atoms with E-state index < -0.39 is 6.09 Å². The van der Waals surface area contributed by atoms with Gasteiger partial charge in [0, 0.05) is 45.6 Å². The number of hydrogen-bond acceptors (Lipinski definition) is 6. The Morgan fingerprint density at radius 2 is 1.67 bits per heavy atom. The van der Waals surface area contributed by atoms with Crippen LogP contribution in [-0.4, -0.2) is 76.3 Å². The van der Waals surface area contributed by atoms with Gasteiger partial charge in [0.2, 0.25) is 5.91 Å². The summed E-state index contributed by atoms with van der Waals surface area (Å²) >= 11 is 0. The fourth-order valence-corrected chi connectivity index (χ4v) is 5.00. The molecule has 0 radical (unpaired) electrons. The summed E-state index contributed by atoms with van der Waals surface area (Å²) < 4.78 is 16.1. The van der Waals surface area contributed by atoms with Crippen LogP contribution in [0.15, 0.2) is 30.3 Å². The summed E-state index contributed by atoms with van der Waals surface area (Å²) in [6.45, 7) is 3.08. The van der Waals surface area contributed by atoms with Crippen LogP contribution >= 0.6 is 12.4 Å². The molecule has 0 aromatic heterocycles. The van der Waals surface area contributed by atoms with Gasteiger partial charge in [0.25, 0.3) is 0 Å². The van der Waals surface area contributed by atoms with Gasteiger partial charge < -0.3 is 29.3 Å². The van der Waals surface area contributed by atoms with Crippen molar-refractivity contribution in [2.24, 2.45) is 0 Å². The third-order valence-electron chi connectivity index (χ3n) is 7.04. The Kier molecular flexibility index (Phi) is 9.45. The Morgan fingerprint density at radius 3 is 2.22 bits per heavy atom. The lowest BCUT2D eigenvalue weighted by Crippen LogP contribution is -2.37. The topological polar surface area (TPSA) is 80.3 Å². The van der Waals surface area contributed by atoms with Gasteiger partial charge in [-0.15, -0.1) is 12.4 Å². The van der Waals surface area contributed by atoms with E-state index in [0.717, 1.165) is 56.9 Å². The summed E-state index contributed by atoms with van der Waals surface area (Å²) in [5.41, 5.74) is 4.96. The first kappa shape index (κ1) is 27.6. The highest BCUT2D eigenvalue weighted by molar-refractivity contribution is 5.85.